The quantitative estimate of drug-likeness (QED) is 0.598. The molecule has 10 heteroatoms. The van der Waals surface area contributed by atoms with E-state index in [9.17, 15) is 14.9 Å². The van der Waals surface area contributed by atoms with Crippen LogP contribution < -0.4 is 21.5 Å². The van der Waals surface area contributed by atoms with E-state index in [0.29, 0.717) is 35.3 Å². The fraction of sp³-hybridized carbons (Fsp3) is 0.471. The van der Waals surface area contributed by atoms with Gasteiger partial charge < -0.3 is 14.8 Å². The highest BCUT2D eigenvalue weighted by Crippen LogP contribution is 2.21. The van der Waals surface area contributed by atoms with E-state index in [1.807, 2.05) is 11.2 Å². The van der Waals surface area contributed by atoms with Gasteiger partial charge in [0.1, 0.15) is 23.1 Å². The molecular weight excluding hydrogens is 366 g/mol. The number of nitriles is 1. The highest BCUT2D eigenvalue weighted by Gasteiger charge is 2.23. The topological polar surface area (TPSA) is 109 Å². The highest BCUT2D eigenvalue weighted by molar-refractivity contribution is 7.98. The van der Waals surface area contributed by atoms with Gasteiger partial charge in [-0.1, -0.05) is 11.8 Å². The molecule has 0 atom stereocenters. The van der Waals surface area contributed by atoms with Crippen LogP contribution in [0.2, 0.25) is 0 Å². The molecule has 142 valence electrons. The molecule has 2 aromatic heterocycles. The molecule has 9 nitrogen and oxygen atoms in total. The van der Waals surface area contributed by atoms with Crippen molar-refractivity contribution in [3.8, 4) is 6.07 Å². The lowest BCUT2D eigenvalue weighted by molar-refractivity contribution is 0.519. The fourth-order valence-corrected chi connectivity index (χ4v) is 3.46. The number of rotatable bonds is 4. The molecule has 2 aromatic rings. The molecule has 0 aliphatic carbocycles. The van der Waals surface area contributed by atoms with Gasteiger partial charge in [-0.2, -0.15) is 5.26 Å². The van der Waals surface area contributed by atoms with Gasteiger partial charge in [-0.15, -0.1) is 0 Å². The van der Waals surface area contributed by atoms with Crippen LogP contribution in [0.4, 0.5) is 11.5 Å². The Balaban J connectivity index is 1.73. The maximum atomic E-state index is 12.4. The van der Waals surface area contributed by atoms with Crippen molar-refractivity contribution < 1.29 is 0 Å². The largest absolute Gasteiger partial charge is 0.366 e. The van der Waals surface area contributed by atoms with Crippen LogP contribution in [0.15, 0.2) is 27.1 Å². The molecule has 0 radical (unpaired) electrons. The standard InChI is InChI=1S/C17H21N7O2S/c1-22-10-13(15(25)23(2)17(22)26)24-6-4-12(5-7-24)20-14-11(8-18)9-19-16(21-14)27-3/h9-10,12H,4-7H2,1-3H3,(H,19,20,21). The maximum Gasteiger partial charge on any atom is 0.330 e. The normalized spacial score (nSPS) is 14.8. The average molecular weight is 387 g/mol. The Morgan fingerprint density at radius 2 is 2.00 bits per heavy atom. The van der Waals surface area contributed by atoms with Gasteiger partial charge in [0.15, 0.2) is 5.16 Å². The summed E-state index contributed by atoms with van der Waals surface area (Å²) in [7, 11) is 3.13. The van der Waals surface area contributed by atoms with Crippen LogP contribution >= 0.6 is 11.8 Å². The van der Waals surface area contributed by atoms with Gasteiger partial charge in [-0.3, -0.25) is 9.36 Å². The maximum absolute atomic E-state index is 12.4. The van der Waals surface area contributed by atoms with E-state index in [4.69, 9.17) is 0 Å². The van der Waals surface area contributed by atoms with Gasteiger partial charge in [0.2, 0.25) is 0 Å². The number of hydrogen-bond donors (Lipinski definition) is 1. The average Bonchev–Trinajstić information content (AvgIpc) is 2.69. The first-order valence-electron chi connectivity index (χ1n) is 8.54. The molecule has 0 spiro atoms. The lowest BCUT2D eigenvalue weighted by Crippen LogP contribution is -2.45. The van der Waals surface area contributed by atoms with Crippen LogP contribution in [-0.2, 0) is 14.1 Å². The molecule has 0 aromatic carbocycles. The van der Waals surface area contributed by atoms with E-state index in [2.05, 4.69) is 21.4 Å². The predicted octanol–water partition coefficient (Wildman–Crippen LogP) is 0.548. The highest BCUT2D eigenvalue weighted by atomic mass is 32.2. The van der Waals surface area contributed by atoms with Gasteiger partial charge in [0.25, 0.3) is 5.56 Å². The summed E-state index contributed by atoms with van der Waals surface area (Å²) in [5, 5.41) is 13.2. The second kappa shape index (κ2) is 7.84. The van der Waals surface area contributed by atoms with E-state index in [1.54, 1.807) is 13.2 Å². The van der Waals surface area contributed by atoms with Crippen molar-refractivity contribution in [3.63, 3.8) is 0 Å². The van der Waals surface area contributed by atoms with E-state index in [-0.39, 0.29) is 17.3 Å². The Morgan fingerprint density at radius 3 is 2.63 bits per heavy atom. The number of hydrogen-bond acceptors (Lipinski definition) is 8. The van der Waals surface area contributed by atoms with E-state index < -0.39 is 0 Å². The van der Waals surface area contributed by atoms with Gasteiger partial charge in [-0.05, 0) is 19.1 Å². The van der Waals surface area contributed by atoms with Crippen LogP contribution in [-0.4, -0.2) is 44.5 Å². The second-order valence-electron chi connectivity index (χ2n) is 6.41. The first kappa shape index (κ1) is 19.0. The number of anilines is 2. The van der Waals surface area contributed by atoms with Gasteiger partial charge >= 0.3 is 5.69 Å². The minimum Gasteiger partial charge on any atom is -0.366 e. The Kier molecular flexibility index (Phi) is 5.51. The molecular formula is C17H21N7O2S. The number of nitrogens with zero attached hydrogens (tertiary/aromatic N) is 6. The predicted molar refractivity (Wildman–Crippen MR) is 104 cm³/mol. The summed E-state index contributed by atoms with van der Waals surface area (Å²) in [6, 6.07) is 2.26. The summed E-state index contributed by atoms with van der Waals surface area (Å²) >= 11 is 1.42. The molecule has 27 heavy (non-hydrogen) atoms. The monoisotopic (exact) mass is 387 g/mol. The van der Waals surface area contributed by atoms with Crippen molar-refractivity contribution in [1.29, 1.82) is 5.26 Å². The summed E-state index contributed by atoms with van der Waals surface area (Å²) < 4.78 is 2.55. The van der Waals surface area contributed by atoms with Gasteiger partial charge in [-0.25, -0.2) is 14.8 Å². The van der Waals surface area contributed by atoms with Crippen LogP contribution in [0, 0.1) is 11.3 Å². The molecule has 1 N–H and O–H groups in total. The molecule has 0 unspecified atom stereocenters. The van der Waals surface area contributed by atoms with E-state index >= 15 is 0 Å². The number of nitrogens with one attached hydrogen (secondary N) is 1. The Labute approximate surface area is 160 Å². The SMILES string of the molecule is CSc1ncc(C#N)c(NC2CCN(c3cn(C)c(=O)n(C)c3=O)CC2)n1. The molecule has 0 amide bonds. The first-order chi connectivity index (χ1) is 12.9. The number of piperidine rings is 1. The van der Waals surface area contributed by atoms with Crippen LogP contribution in [0.3, 0.4) is 0 Å². The second-order valence-corrected chi connectivity index (χ2v) is 7.18. The number of thioether (sulfide) groups is 1. The minimum atomic E-state index is -0.335. The minimum absolute atomic E-state index is 0.148. The van der Waals surface area contributed by atoms with Crippen molar-refractivity contribution in [2.75, 3.05) is 29.6 Å². The summed E-state index contributed by atoms with van der Waals surface area (Å²) in [6.07, 6.45) is 6.59. The fourth-order valence-electron chi connectivity index (χ4n) is 3.12. The van der Waals surface area contributed by atoms with Crippen LogP contribution in [0.1, 0.15) is 18.4 Å². The van der Waals surface area contributed by atoms with E-state index in [1.165, 1.54) is 29.6 Å². The summed E-state index contributed by atoms with van der Waals surface area (Å²) in [5.74, 6) is 0.549. The summed E-state index contributed by atoms with van der Waals surface area (Å²) in [4.78, 5) is 34.8. The smallest absolute Gasteiger partial charge is 0.330 e. The van der Waals surface area contributed by atoms with Crippen LogP contribution in [0.25, 0.3) is 0 Å². The lowest BCUT2D eigenvalue weighted by Gasteiger charge is -2.34. The Hall–Kier alpha value is -2.80. The summed E-state index contributed by atoms with van der Waals surface area (Å²) in [5.41, 5.74) is 0.332. The third-order valence-corrected chi connectivity index (χ3v) is 5.24. The molecule has 1 aliphatic heterocycles. The summed E-state index contributed by atoms with van der Waals surface area (Å²) in [6.45, 7) is 1.35. The molecule has 1 aliphatic rings. The number of aryl methyl sites for hydroxylation is 1. The zero-order valence-electron chi connectivity index (χ0n) is 15.5. The van der Waals surface area contributed by atoms with Crippen molar-refractivity contribution in [1.82, 2.24) is 19.1 Å². The first-order valence-corrected chi connectivity index (χ1v) is 9.76. The van der Waals surface area contributed by atoms with Crippen molar-refractivity contribution >= 4 is 23.3 Å². The molecule has 1 saturated heterocycles. The Morgan fingerprint density at radius 1 is 1.30 bits per heavy atom. The zero-order valence-corrected chi connectivity index (χ0v) is 16.3. The van der Waals surface area contributed by atoms with E-state index in [0.717, 1.165) is 17.4 Å². The zero-order chi connectivity index (χ0) is 19.6. The molecule has 1 fully saturated rings. The molecule has 0 saturated carbocycles. The Bertz CT molecular complexity index is 1000. The lowest BCUT2D eigenvalue weighted by atomic mass is 10.0. The molecule has 0 bridgehead atoms. The molecule has 3 heterocycles. The third kappa shape index (κ3) is 3.83. The molecule has 3 rings (SSSR count). The van der Waals surface area contributed by atoms with Crippen molar-refractivity contribution in [3.05, 3.63) is 38.8 Å². The van der Waals surface area contributed by atoms with Gasteiger partial charge in [0, 0.05) is 39.4 Å². The number of aromatic nitrogens is 4. The van der Waals surface area contributed by atoms with Crippen LogP contribution in [0.5, 0.6) is 0 Å². The third-order valence-electron chi connectivity index (χ3n) is 4.67. The van der Waals surface area contributed by atoms with Crippen molar-refractivity contribution in [2.45, 2.75) is 24.0 Å². The van der Waals surface area contributed by atoms with Crippen molar-refractivity contribution in [2.24, 2.45) is 14.1 Å². The van der Waals surface area contributed by atoms with Gasteiger partial charge in [0.05, 0.1) is 6.20 Å².